The lowest BCUT2D eigenvalue weighted by atomic mass is 9.80. The Balaban J connectivity index is 1.86. The molecule has 5 heteroatoms. The van der Waals surface area contributed by atoms with Crippen molar-refractivity contribution in [3.05, 3.63) is 143 Å². The highest BCUT2D eigenvalue weighted by molar-refractivity contribution is 6.11. The zero-order chi connectivity index (χ0) is 23.9. The number of carbonyl (C=O) groups is 3. The molecule has 168 valence electrons. The van der Waals surface area contributed by atoms with Crippen LogP contribution in [0.4, 0.5) is 0 Å². The summed E-state index contributed by atoms with van der Waals surface area (Å²) in [4.78, 5) is 39.3. The molecular weight excluding hydrogens is 424 g/mol. The fourth-order valence-corrected chi connectivity index (χ4v) is 4.09. The molecule has 5 nitrogen and oxygen atoms in total. The largest absolute Gasteiger partial charge is 0.366 e. The molecule has 4 aromatic carbocycles. The highest BCUT2D eigenvalue weighted by Gasteiger charge is 2.34. The normalized spacial score (nSPS) is 11.6. The van der Waals surface area contributed by atoms with Crippen molar-refractivity contribution in [1.82, 2.24) is 5.32 Å². The van der Waals surface area contributed by atoms with Crippen LogP contribution < -0.4 is 11.1 Å². The number of rotatable bonds is 8. The topological polar surface area (TPSA) is 89.3 Å². The van der Waals surface area contributed by atoms with Gasteiger partial charge in [-0.15, -0.1) is 0 Å². The highest BCUT2D eigenvalue weighted by atomic mass is 16.2. The molecule has 0 spiro atoms. The Morgan fingerprint density at radius 1 is 0.588 bits per heavy atom. The summed E-state index contributed by atoms with van der Waals surface area (Å²) in [5.41, 5.74) is 8.00. The van der Waals surface area contributed by atoms with Crippen LogP contribution in [0, 0.1) is 0 Å². The lowest BCUT2D eigenvalue weighted by molar-refractivity contribution is 0.0846. The van der Waals surface area contributed by atoms with Crippen molar-refractivity contribution in [2.75, 3.05) is 0 Å². The minimum Gasteiger partial charge on any atom is -0.366 e. The molecule has 0 saturated heterocycles. The van der Waals surface area contributed by atoms with Crippen LogP contribution in [-0.4, -0.2) is 23.6 Å². The average Bonchev–Trinajstić information content (AvgIpc) is 2.89. The van der Waals surface area contributed by atoms with E-state index in [0.717, 1.165) is 11.1 Å². The quantitative estimate of drug-likeness (QED) is 0.386. The molecule has 34 heavy (non-hydrogen) atoms. The number of carbonyl (C=O) groups excluding carboxylic acids is 3. The third kappa shape index (κ3) is 4.94. The molecule has 0 aliphatic rings. The maximum Gasteiger partial charge on any atom is 0.251 e. The average molecular weight is 449 g/mol. The SMILES string of the molecule is NC(=O)c1ccccc1C(=O)C(NC(=O)c1ccccc1)C(c1ccccc1)c1ccccc1. The van der Waals surface area contributed by atoms with Crippen molar-refractivity contribution in [1.29, 1.82) is 0 Å². The predicted octanol–water partition coefficient (Wildman–Crippen LogP) is 4.60. The molecule has 0 heterocycles. The highest BCUT2D eigenvalue weighted by Crippen LogP contribution is 2.31. The lowest BCUT2D eigenvalue weighted by Gasteiger charge is -2.29. The predicted molar refractivity (Wildman–Crippen MR) is 132 cm³/mol. The first-order valence-corrected chi connectivity index (χ1v) is 10.9. The van der Waals surface area contributed by atoms with Crippen LogP contribution in [0.15, 0.2) is 115 Å². The molecule has 1 unspecified atom stereocenters. The van der Waals surface area contributed by atoms with E-state index in [9.17, 15) is 14.4 Å². The number of benzene rings is 4. The monoisotopic (exact) mass is 448 g/mol. The summed E-state index contributed by atoms with van der Waals surface area (Å²) in [7, 11) is 0. The van der Waals surface area contributed by atoms with Gasteiger partial charge >= 0.3 is 0 Å². The van der Waals surface area contributed by atoms with Crippen molar-refractivity contribution in [3.63, 3.8) is 0 Å². The van der Waals surface area contributed by atoms with E-state index in [1.54, 1.807) is 42.5 Å². The van der Waals surface area contributed by atoms with Gasteiger partial charge in [-0.1, -0.05) is 97.1 Å². The van der Waals surface area contributed by atoms with Crippen LogP contribution in [0.2, 0.25) is 0 Å². The number of primary amides is 1. The van der Waals surface area contributed by atoms with Gasteiger partial charge in [-0.25, -0.2) is 0 Å². The molecule has 0 radical (unpaired) electrons. The molecule has 0 aromatic heterocycles. The first-order chi connectivity index (χ1) is 16.6. The van der Waals surface area contributed by atoms with E-state index in [1.165, 1.54) is 6.07 Å². The summed E-state index contributed by atoms with van der Waals surface area (Å²) in [5.74, 6) is -1.97. The number of ketones is 1. The number of nitrogens with two attached hydrogens (primary N) is 1. The zero-order valence-corrected chi connectivity index (χ0v) is 18.4. The van der Waals surface area contributed by atoms with E-state index < -0.39 is 23.7 Å². The maximum absolute atomic E-state index is 14.0. The summed E-state index contributed by atoms with van der Waals surface area (Å²) in [6.07, 6.45) is 0. The summed E-state index contributed by atoms with van der Waals surface area (Å²) >= 11 is 0. The van der Waals surface area contributed by atoms with Crippen LogP contribution in [0.1, 0.15) is 48.1 Å². The van der Waals surface area contributed by atoms with E-state index in [2.05, 4.69) is 5.32 Å². The molecule has 0 bridgehead atoms. The molecule has 4 aromatic rings. The van der Waals surface area contributed by atoms with E-state index in [-0.39, 0.29) is 17.0 Å². The smallest absolute Gasteiger partial charge is 0.251 e. The summed E-state index contributed by atoms with van der Waals surface area (Å²) < 4.78 is 0. The Hall–Kier alpha value is -4.51. The first-order valence-electron chi connectivity index (χ1n) is 10.9. The van der Waals surface area contributed by atoms with Crippen LogP contribution in [0.3, 0.4) is 0 Å². The second kappa shape index (κ2) is 10.4. The van der Waals surface area contributed by atoms with E-state index in [4.69, 9.17) is 5.73 Å². The maximum atomic E-state index is 14.0. The van der Waals surface area contributed by atoms with Crippen molar-refractivity contribution >= 4 is 17.6 Å². The van der Waals surface area contributed by atoms with Crippen LogP contribution in [-0.2, 0) is 0 Å². The number of amides is 2. The minimum absolute atomic E-state index is 0.117. The molecule has 0 fully saturated rings. The van der Waals surface area contributed by atoms with Gasteiger partial charge < -0.3 is 11.1 Å². The van der Waals surface area contributed by atoms with E-state index >= 15 is 0 Å². The van der Waals surface area contributed by atoms with Gasteiger partial charge in [0.2, 0.25) is 5.91 Å². The van der Waals surface area contributed by atoms with Gasteiger partial charge in [-0.2, -0.15) is 0 Å². The fraction of sp³-hybridized carbons (Fsp3) is 0.0690. The summed E-state index contributed by atoms with van der Waals surface area (Å²) in [5, 5.41) is 2.95. The van der Waals surface area contributed by atoms with Crippen LogP contribution in [0.25, 0.3) is 0 Å². The van der Waals surface area contributed by atoms with E-state index in [1.807, 2.05) is 66.7 Å². The molecule has 4 rings (SSSR count). The van der Waals surface area contributed by atoms with Crippen molar-refractivity contribution < 1.29 is 14.4 Å². The first kappa shape index (κ1) is 22.7. The van der Waals surface area contributed by atoms with Crippen molar-refractivity contribution in [2.24, 2.45) is 5.73 Å². The van der Waals surface area contributed by atoms with Gasteiger partial charge in [0.15, 0.2) is 5.78 Å². The van der Waals surface area contributed by atoms with Gasteiger partial charge in [0, 0.05) is 22.6 Å². The molecular formula is C29H24N2O3. The van der Waals surface area contributed by atoms with Crippen LogP contribution in [0.5, 0.6) is 0 Å². The van der Waals surface area contributed by atoms with Crippen molar-refractivity contribution in [2.45, 2.75) is 12.0 Å². The minimum atomic E-state index is -0.988. The Labute approximate surface area is 198 Å². The number of Topliss-reactive ketones (excluding diaryl/α,β-unsaturated/α-hetero) is 1. The molecule has 1 atom stereocenters. The van der Waals surface area contributed by atoms with Gasteiger partial charge in [-0.3, -0.25) is 14.4 Å². The molecule has 3 N–H and O–H groups in total. The van der Waals surface area contributed by atoms with Gasteiger partial charge in [0.1, 0.15) is 6.04 Å². The number of hydrogen-bond donors (Lipinski definition) is 2. The molecule has 0 saturated carbocycles. The fourth-order valence-electron chi connectivity index (χ4n) is 4.09. The van der Waals surface area contributed by atoms with Gasteiger partial charge in [0.05, 0.1) is 0 Å². The number of hydrogen-bond acceptors (Lipinski definition) is 3. The Morgan fingerprint density at radius 2 is 1.03 bits per heavy atom. The molecule has 0 aliphatic carbocycles. The number of nitrogens with one attached hydrogen (secondary N) is 1. The van der Waals surface area contributed by atoms with Gasteiger partial charge in [0.25, 0.3) is 5.91 Å². The van der Waals surface area contributed by atoms with Crippen molar-refractivity contribution in [3.8, 4) is 0 Å². The van der Waals surface area contributed by atoms with Crippen LogP contribution >= 0.6 is 0 Å². The molecule has 0 aliphatic heterocycles. The third-order valence-corrected chi connectivity index (χ3v) is 5.71. The second-order valence-corrected chi connectivity index (χ2v) is 7.89. The Bertz CT molecular complexity index is 1250. The standard InChI is InChI=1S/C29H24N2O3/c30-28(33)24-19-11-10-18-23(24)27(32)26(31-29(34)22-16-8-3-9-17-22)25(20-12-4-1-5-13-20)21-14-6-2-7-15-21/h1-19,25-26H,(H2,30,33)(H,31,34). The van der Waals surface area contributed by atoms with Gasteiger partial charge in [-0.05, 0) is 29.3 Å². The lowest BCUT2D eigenvalue weighted by Crippen LogP contribution is -2.46. The third-order valence-electron chi connectivity index (χ3n) is 5.71. The summed E-state index contributed by atoms with van der Waals surface area (Å²) in [6.45, 7) is 0. The second-order valence-electron chi connectivity index (χ2n) is 7.89. The Morgan fingerprint density at radius 3 is 1.53 bits per heavy atom. The Kier molecular flexibility index (Phi) is 6.94. The van der Waals surface area contributed by atoms with E-state index in [0.29, 0.717) is 5.56 Å². The zero-order valence-electron chi connectivity index (χ0n) is 18.4. The molecule has 2 amide bonds. The summed E-state index contributed by atoms with van der Waals surface area (Å²) in [6, 6.07) is 33.2.